The van der Waals surface area contributed by atoms with Crippen molar-refractivity contribution >= 4 is 12.9 Å². The number of likely N-dealkylation sites (tertiary alicyclic amines) is 1. The second kappa shape index (κ2) is 14.3. The van der Waals surface area contributed by atoms with E-state index in [4.69, 9.17) is 29.3 Å². The molecule has 182 valence electrons. The van der Waals surface area contributed by atoms with E-state index in [1.807, 2.05) is 24.2 Å². The van der Waals surface area contributed by atoms with Gasteiger partial charge in [0.2, 0.25) is 0 Å². The van der Waals surface area contributed by atoms with Crippen LogP contribution in [0.5, 0.6) is 5.75 Å². The molecule has 9 heteroatoms. The first kappa shape index (κ1) is 26.3. The van der Waals surface area contributed by atoms with Gasteiger partial charge >= 0.3 is 0 Å². The maximum absolute atomic E-state index is 8.36. The zero-order valence-corrected chi connectivity index (χ0v) is 19.2. The number of piperidine rings is 1. The van der Waals surface area contributed by atoms with Gasteiger partial charge in [-0.1, -0.05) is 24.6 Å². The number of hydrogen-bond donors (Lipinski definition) is 2. The molecule has 2 aromatic rings. The summed E-state index contributed by atoms with van der Waals surface area (Å²) in [5.74, 6) is 1.01. The molecule has 1 saturated heterocycles. The SMILES string of the molecule is CO[C@@H]1CCC[C@@]12CCCN(Cc1ccccc1OCCn1ccnc1)C2.O=CO.O=CO. The molecule has 2 fully saturated rings. The minimum atomic E-state index is -0.250. The Morgan fingerprint density at radius 1 is 1.18 bits per heavy atom. The fourth-order valence-corrected chi connectivity index (χ4v) is 5.03. The van der Waals surface area contributed by atoms with Crippen molar-refractivity contribution < 1.29 is 29.3 Å². The lowest BCUT2D eigenvalue weighted by Gasteiger charge is -2.43. The van der Waals surface area contributed by atoms with Crippen LogP contribution in [0.4, 0.5) is 0 Å². The largest absolute Gasteiger partial charge is 0.491 e. The van der Waals surface area contributed by atoms with E-state index in [0.29, 0.717) is 18.1 Å². The normalized spacial score (nSPS) is 21.9. The third-order valence-corrected chi connectivity index (χ3v) is 6.33. The van der Waals surface area contributed by atoms with Crippen LogP contribution in [0, 0.1) is 5.41 Å². The van der Waals surface area contributed by atoms with Gasteiger partial charge in [0.05, 0.1) is 19.0 Å². The predicted octanol–water partition coefficient (Wildman–Crippen LogP) is 3.14. The topological polar surface area (TPSA) is 114 Å². The van der Waals surface area contributed by atoms with Crippen molar-refractivity contribution in [3.8, 4) is 5.75 Å². The molecule has 0 amide bonds. The Hall–Kier alpha value is -2.91. The number of ether oxygens (including phenoxy) is 2. The predicted molar refractivity (Wildman–Crippen MR) is 123 cm³/mol. The van der Waals surface area contributed by atoms with Gasteiger partial charge in [0.1, 0.15) is 12.4 Å². The molecule has 1 saturated carbocycles. The number of carboxylic acid groups (broad SMARTS) is 2. The third-order valence-electron chi connectivity index (χ3n) is 6.33. The smallest absolute Gasteiger partial charge is 0.290 e. The summed E-state index contributed by atoms with van der Waals surface area (Å²) in [7, 11) is 1.89. The average molecular weight is 462 g/mol. The summed E-state index contributed by atoms with van der Waals surface area (Å²) in [6, 6.07) is 8.48. The lowest BCUT2D eigenvalue weighted by atomic mass is 9.76. The molecule has 2 aliphatic rings. The van der Waals surface area contributed by atoms with E-state index in [9.17, 15) is 0 Å². The molecule has 1 aromatic carbocycles. The molecular formula is C24H35N3O6. The van der Waals surface area contributed by atoms with Crippen LogP contribution in [-0.4, -0.2) is 70.5 Å². The zero-order chi connectivity index (χ0) is 23.9. The molecule has 0 radical (unpaired) electrons. The van der Waals surface area contributed by atoms with Crippen LogP contribution >= 0.6 is 0 Å². The van der Waals surface area contributed by atoms with Crippen molar-refractivity contribution in [2.45, 2.75) is 51.3 Å². The lowest BCUT2D eigenvalue weighted by Crippen LogP contribution is -2.47. The van der Waals surface area contributed by atoms with E-state index in [0.717, 1.165) is 25.4 Å². The summed E-state index contributed by atoms with van der Waals surface area (Å²) in [4.78, 5) is 23.4. The van der Waals surface area contributed by atoms with Crippen molar-refractivity contribution in [3.63, 3.8) is 0 Å². The number of hydrogen-bond acceptors (Lipinski definition) is 6. The third kappa shape index (κ3) is 7.87. The second-order valence-electron chi connectivity index (χ2n) is 8.26. The minimum absolute atomic E-state index is 0.250. The maximum Gasteiger partial charge on any atom is 0.290 e. The van der Waals surface area contributed by atoms with E-state index in [2.05, 4.69) is 34.1 Å². The quantitative estimate of drug-likeness (QED) is 0.605. The number of carbonyl (C=O) groups is 2. The average Bonchev–Trinajstić information content (AvgIpc) is 3.46. The number of benzene rings is 1. The van der Waals surface area contributed by atoms with Crippen molar-refractivity contribution in [2.75, 3.05) is 26.8 Å². The Bertz CT molecular complexity index is 810. The molecule has 2 atom stereocenters. The highest BCUT2D eigenvalue weighted by molar-refractivity contribution is 5.33. The standard InChI is InChI=1S/C22H31N3O2.2CH2O2/c1-26-21-8-4-9-22(21)10-5-12-25(17-22)16-19-6-2-3-7-20(19)27-15-14-24-13-11-23-18-24;2*2-1-3/h2-3,6-7,11,13,18,21H,4-5,8-10,12,14-17H2,1H3;2*1H,(H,2,3)/t21-,22+;;/m1../s1. The molecule has 1 aliphatic carbocycles. The molecule has 1 aliphatic heterocycles. The Morgan fingerprint density at radius 3 is 2.61 bits per heavy atom. The van der Waals surface area contributed by atoms with E-state index < -0.39 is 0 Å². The summed E-state index contributed by atoms with van der Waals surface area (Å²) in [5.41, 5.74) is 1.65. The van der Waals surface area contributed by atoms with Crippen LogP contribution in [0.2, 0.25) is 0 Å². The fraction of sp³-hybridized carbons (Fsp3) is 0.542. The van der Waals surface area contributed by atoms with Crippen molar-refractivity contribution in [1.29, 1.82) is 0 Å². The van der Waals surface area contributed by atoms with Gasteiger partial charge in [-0.15, -0.1) is 0 Å². The first-order valence-electron chi connectivity index (χ1n) is 11.2. The summed E-state index contributed by atoms with van der Waals surface area (Å²) < 4.78 is 14.0. The lowest BCUT2D eigenvalue weighted by molar-refractivity contribution is -0.123. The van der Waals surface area contributed by atoms with Crippen LogP contribution in [0.1, 0.15) is 37.7 Å². The minimum Gasteiger partial charge on any atom is -0.491 e. The molecule has 0 bridgehead atoms. The number of methoxy groups -OCH3 is 1. The fourth-order valence-electron chi connectivity index (χ4n) is 5.03. The van der Waals surface area contributed by atoms with E-state index in [1.54, 1.807) is 6.20 Å². The van der Waals surface area contributed by atoms with Crippen LogP contribution in [0.3, 0.4) is 0 Å². The molecule has 33 heavy (non-hydrogen) atoms. The van der Waals surface area contributed by atoms with Gasteiger partial charge in [0.25, 0.3) is 12.9 Å². The van der Waals surface area contributed by atoms with Gasteiger partial charge in [-0.2, -0.15) is 0 Å². The molecule has 9 nitrogen and oxygen atoms in total. The first-order chi connectivity index (χ1) is 16.1. The monoisotopic (exact) mass is 461 g/mol. The van der Waals surface area contributed by atoms with E-state index in [1.165, 1.54) is 44.2 Å². The second-order valence-corrected chi connectivity index (χ2v) is 8.26. The summed E-state index contributed by atoms with van der Waals surface area (Å²) >= 11 is 0. The van der Waals surface area contributed by atoms with Gasteiger partial charge in [-0.3, -0.25) is 14.5 Å². The van der Waals surface area contributed by atoms with Gasteiger partial charge in [0, 0.05) is 43.6 Å². The number of imidazole rings is 1. The van der Waals surface area contributed by atoms with E-state index >= 15 is 0 Å². The van der Waals surface area contributed by atoms with Crippen molar-refractivity contribution in [3.05, 3.63) is 48.5 Å². The van der Waals surface area contributed by atoms with Gasteiger partial charge < -0.3 is 24.3 Å². The summed E-state index contributed by atoms with van der Waals surface area (Å²) in [6.07, 6.45) is 12.4. The summed E-state index contributed by atoms with van der Waals surface area (Å²) in [5, 5.41) is 13.8. The Morgan fingerprint density at radius 2 is 1.91 bits per heavy atom. The highest BCUT2D eigenvalue weighted by atomic mass is 16.5. The van der Waals surface area contributed by atoms with Gasteiger partial charge in [-0.05, 0) is 38.3 Å². The molecule has 1 spiro atoms. The molecule has 2 heterocycles. The van der Waals surface area contributed by atoms with E-state index in [-0.39, 0.29) is 12.9 Å². The van der Waals surface area contributed by atoms with Crippen LogP contribution in [-0.2, 0) is 27.4 Å². The molecular weight excluding hydrogens is 426 g/mol. The van der Waals surface area contributed by atoms with Crippen LogP contribution in [0.25, 0.3) is 0 Å². The number of rotatable bonds is 7. The highest BCUT2D eigenvalue weighted by Gasteiger charge is 2.45. The maximum atomic E-state index is 8.36. The van der Waals surface area contributed by atoms with Crippen molar-refractivity contribution in [1.82, 2.24) is 14.5 Å². The zero-order valence-electron chi connectivity index (χ0n) is 19.2. The first-order valence-corrected chi connectivity index (χ1v) is 11.2. The molecule has 4 rings (SSSR count). The van der Waals surface area contributed by atoms with Crippen LogP contribution in [0.15, 0.2) is 43.0 Å². The molecule has 1 aromatic heterocycles. The van der Waals surface area contributed by atoms with Crippen molar-refractivity contribution in [2.24, 2.45) is 5.41 Å². The Balaban J connectivity index is 0.000000582. The summed E-state index contributed by atoms with van der Waals surface area (Å²) in [6.45, 7) is 4.25. The number of nitrogens with zero attached hydrogens (tertiary/aromatic N) is 3. The Labute approximate surface area is 194 Å². The van der Waals surface area contributed by atoms with Crippen LogP contribution < -0.4 is 4.74 Å². The van der Waals surface area contributed by atoms with Gasteiger partial charge in [0.15, 0.2) is 0 Å². The number of aromatic nitrogens is 2. The highest BCUT2D eigenvalue weighted by Crippen LogP contribution is 2.46. The molecule has 0 unspecified atom stereocenters. The number of para-hydroxylation sites is 1. The van der Waals surface area contributed by atoms with Gasteiger partial charge in [-0.25, -0.2) is 4.98 Å². The molecule has 2 N–H and O–H groups in total. The Kier molecular flexibility index (Phi) is 11.4.